The van der Waals surface area contributed by atoms with Crippen LogP contribution in [-0.2, 0) is 20.7 Å². The molecular formula is C20H20ClF2NO6. The first-order chi connectivity index (χ1) is 14.3. The van der Waals surface area contributed by atoms with Gasteiger partial charge in [0, 0.05) is 12.1 Å². The molecule has 0 aromatic heterocycles. The lowest BCUT2D eigenvalue weighted by Gasteiger charge is -2.10. The Hall–Kier alpha value is -3.07. The van der Waals surface area contributed by atoms with Crippen LogP contribution in [0.4, 0.5) is 14.5 Å². The molecule has 10 heteroatoms. The second-order valence-corrected chi connectivity index (χ2v) is 6.33. The average molecular weight is 444 g/mol. The minimum Gasteiger partial charge on any atom is -0.493 e. The molecule has 162 valence electrons. The molecule has 0 spiro atoms. The average Bonchev–Trinajstić information content (AvgIpc) is 2.72. The number of esters is 1. The van der Waals surface area contributed by atoms with Gasteiger partial charge in [-0.15, -0.1) is 0 Å². The number of aryl methyl sites for hydroxylation is 1. The Kier molecular flexibility index (Phi) is 8.67. The van der Waals surface area contributed by atoms with Gasteiger partial charge in [0.05, 0.1) is 19.2 Å². The fourth-order valence-electron chi connectivity index (χ4n) is 2.47. The lowest BCUT2D eigenvalue weighted by atomic mass is 10.1. The number of anilines is 1. The van der Waals surface area contributed by atoms with Crippen molar-refractivity contribution in [1.29, 1.82) is 0 Å². The van der Waals surface area contributed by atoms with Gasteiger partial charge in [0.25, 0.3) is 5.91 Å². The fourth-order valence-corrected chi connectivity index (χ4v) is 2.69. The summed E-state index contributed by atoms with van der Waals surface area (Å²) in [5.41, 5.74) is 1.09. The molecule has 0 bridgehead atoms. The molecule has 30 heavy (non-hydrogen) atoms. The summed E-state index contributed by atoms with van der Waals surface area (Å²) in [7, 11) is 3.04. The maximum Gasteiger partial charge on any atom is 0.387 e. The Morgan fingerprint density at radius 1 is 1.03 bits per heavy atom. The second kappa shape index (κ2) is 11.2. The van der Waals surface area contributed by atoms with E-state index in [4.69, 9.17) is 25.8 Å². The molecule has 1 amide bonds. The molecule has 1 N–H and O–H groups in total. The van der Waals surface area contributed by atoms with Gasteiger partial charge in [-0.3, -0.25) is 9.59 Å². The number of amides is 1. The van der Waals surface area contributed by atoms with Gasteiger partial charge in [-0.05, 0) is 42.3 Å². The van der Waals surface area contributed by atoms with Gasteiger partial charge in [-0.2, -0.15) is 8.78 Å². The van der Waals surface area contributed by atoms with E-state index in [0.29, 0.717) is 17.9 Å². The van der Waals surface area contributed by atoms with Crippen LogP contribution in [0.1, 0.15) is 12.0 Å². The first kappa shape index (κ1) is 23.2. The van der Waals surface area contributed by atoms with Gasteiger partial charge in [-0.1, -0.05) is 17.7 Å². The van der Waals surface area contributed by atoms with Crippen LogP contribution in [0.3, 0.4) is 0 Å². The normalized spacial score (nSPS) is 10.5. The van der Waals surface area contributed by atoms with E-state index in [9.17, 15) is 18.4 Å². The van der Waals surface area contributed by atoms with Crippen molar-refractivity contribution in [3.05, 3.63) is 47.0 Å². The van der Waals surface area contributed by atoms with Crippen LogP contribution < -0.4 is 19.5 Å². The number of alkyl halides is 2. The van der Waals surface area contributed by atoms with E-state index in [-0.39, 0.29) is 22.9 Å². The van der Waals surface area contributed by atoms with Crippen LogP contribution in [0.5, 0.6) is 17.2 Å². The van der Waals surface area contributed by atoms with Crippen molar-refractivity contribution < 1.29 is 37.3 Å². The van der Waals surface area contributed by atoms with Crippen LogP contribution in [0, 0.1) is 0 Å². The first-order valence-corrected chi connectivity index (χ1v) is 9.11. The van der Waals surface area contributed by atoms with Gasteiger partial charge in [0.1, 0.15) is 5.75 Å². The third-order valence-corrected chi connectivity index (χ3v) is 4.16. The van der Waals surface area contributed by atoms with Gasteiger partial charge in [0.2, 0.25) is 0 Å². The highest BCUT2D eigenvalue weighted by Crippen LogP contribution is 2.29. The molecule has 0 unspecified atom stereocenters. The van der Waals surface area contributed by atoms with Crippen LogP contribution in [0.2, 0.25) is 5.02 Å². The molecule has 2 aromatic carbocycles. The maximum atomic E-state index is 12.2. The Labute approximate surface area is 176 Å². The minimum atomic E-state index is -3.01. The molecular weight excluding hydrogens is 424 g/mol. The van der Waals surface area contributed by atoms with Gasteiger partial charge >= 0.3 is 12.6 Å². The number of rotatable bonds is 10. The van der Waals surface area contributed by atoms with Crippen molar-refractivity contribution in [2.75, 3.05) is 26.1 Å². The summed E-state index contributed by atoms with van der Waals surface area (Å²) in [5.74, 6) is -0.251. The number of benzene rings is 2. The zero-order valence-corrected chi connectivity index (χ0v) is 17.0. The van der Waals surface area contributed by atoms with Crippen molar-refractivity contribution in [3.8, 4) is 17.2 Å². The molecule has 0 atom stereocenters. The smallest absolute Gasteiger partial charge is 0.387 e. The van der Waals surface area contributed by atoms with E-state index in [1.54, 1.807) is 18.2 Å². The number of carbonyl (C=O) groups excluding carboxylic acids is 2. The Morgan fingerprint density at radius 3 is 2.37 bits per heavy atom. The van der Waals surface area contributed by atoms with Crippen LogP contribution >= 0.6 is 11.6 Å². The molecule has 0 heterocycles. The largest absolute Gasteiger partial charge is 0.493 e. The van der Waals surface area contributed by atoms with Crippen molar-refractivity contribution in [2.24, 2.45) is 0 Å². The molecule has 0 saturated carbocycles. The van der Waals surface area contributed by atoms with E-state index < -0.39 is 25.1 Å². The highest BCUT2D eigenvalue weighted by Gasteiger charge is 2.12. The lowest BCUT2D eigenvalue weighted by Crippen LogP contribution is -2.21. The predicted molar refractivity (Wildman–Crippen MR) is 106 cm³/mol. The summed E-state index contributed by atoms with van der Waals surface area (Å²) in [4.78, 5) is 23.8. The van der Waals surface area contributed by atoms with Gasteiger partial charge < -0.3 is 24.3 Å². The molecule has 0 radical (unpaired) electrons. The monoisotopic (exact) mass is 443 g/mol. The van der Waals surface area contributed by atoms with Crippen LogP contribution in [0.15, 0.2) is 36.4 Å². The standard InChI is InChI=1S/C20H20ClF2NO6/c1-27-16-6-3-12(9-17(16)28-2)4-8-19(26)29-11-18(25)24-13-5-7-15(14(21)10-13)30-20(22)23/h3,5-7,9-10,20H,4,8,11H2,1-2H3,(H,24,25). The first-order valence-electron chi connectivity index (χ1n) is 8.73. The van der Waals surface area contributed by atoms with Crippen LogP contribution in [0.25, 0.3) is 0 Å². The number of ether oxygens (including phenoxy) is 4. The summed E-state index contributed by atoms with van der Waals surface area (Å²) in [5, 5.41) is 2.35. The summed E-state index contributed by atoms with van der Waals surface area (Å²) < 4.78 is 44.0. The highest BCUT2D eigenvalue weighted by molar-refractivity contribution is 6.32. The maximum absolute atomic E-state index is 12.2. The number of hydrogen-bond donors (Lipinski definition) is 1. The third-order valence-electron chi connectivity index (χ3n) is 3.86. The number of carbonyl (C=O) groups is 2. The SMILES string of the molecule is COc1ccc(CCC(=O)OCC(=O)Nc2ccc(OC(F)F)c(Cl)c2)cc1OC. The Balaban J connectivity index is 1.79. The summed E-state index contributed by atoms with van der Waals surface area (Å²) >= 11 is 5.81. The summed E-state index contributed by atoms with van der Waals surface area (Å²) in [6.45, 7) is -3.51. The summed E-state index contributed by atoms with van der Waals surface area (Å²) in [6, 6.07) is 9.06. The van der Waals surface area contributed by atoms with E-state index >= 15 is 0 Å². The van der Waals surface area contributed by atoms with E-state index in [2.05, 4.69) is 10.1 Å². The topological polar surface area (TPSA) is 83.1 Å². The summed E-state index contributed by atoms with van der Waals surface area (Å²) in [6.07, 6.45) is 0.455. The quantitative estimate of drug-likeness (QED) is 0.557. The van der Waals surface area contributed by atoms with Crippen molar-refractivity contribution in [2.45, 2.75) is 19.5 Å². The number of hydrogen-bond acceptors (Lipinski definition) is 6. The van der Waals surface area contributed by atoms with E-state index in [0.717, 1.165) is 5.56 Å². The van der Waals surface area contributed by atoms with E-state index in [1.165, 1.54) is 32.4 Å². The zero-order valence-electron chi connectivity index (χ0n) is 16.2. The lowest BCUT2D eigenvalue weighted by molar-refractivity contribution is -0.147. The highest BCUT2D eigenvalue weighted by atomic mass is 35.5. The molecule has 0 fully saturated rings. The van der Waals surface area contributed by atoms with E-state index in [1.807, 2.05) is 0 Å². The minimum absolute atomic E-state index is 0.0637. The molecule has 0 aliphatic carbocycles. The Bertz CT molecular complexity index is 894. The third kappa shape index (κ3) is 7.07. The molecule has 0 aliphatic rings. The predicted octanol–water partition coefficient (Wildman–Crippen LogP) is 4.07. The van der Waals surface area contributed by atoms with Crippen molar-refractivity contribution >= 4 is 29.2 Å². The number of nitrogens with one attached hydrogen (secondary N) is 1. The molecule has 7 nitrogen and oxygen atoms in total. The van der Waals surface area contributed by atoms with Gasteiger partial charge in [0.15, 0.2) is 18.1 Å². The van der Waals surface area contributed by atoms with Gasteiger partial charge in [-0.25, -0.2) is 0 Å². The zero-order chi connectivity index (χ0) is 22.1. The van der Waals surface area contributed by atoms with Crippen molar-refractivity contribution in [1.82, 2.24) is 0 Å². The number of halogens is 3. The molecule has 0 aliphatic heterocycles. The molecule has 2 aromatic rings. The van der Waals surface area contributed by atoms with Crippen molar-refractivity contribution in [3.63, 3.8) is 0 Å². The molecule has 2 rings (SSSR count). The van der Waals surface area contributed by atoms with Crippen LogP contribution in [-0.4, -0.2) is 39.3 Å². The number of methoxy groups -OCH3 is 2. The fraction of sp³-hybridized carbons (Fsp3) is 0.300. The molecule has 0 saturated heterocycles. The second-order valence-electron chi connectivity index (χ2n) is 5.92. The Morgan fingerprint density at radius 2 is 1.73 bits per heavy atom.